The molecule has 2 N–H and O–H groups in total. The third-order valence-electron chi connectivity index (χ3n) is 5.98. The number of carboxylic acid groups (broad SMARTS) is 1. The Morgan fingerprint density at radius 2 is 2.15 bits per heavy atom. The summed E-state index contributed by atoms with van der Waals surface area (Å²) in [4.78, 5) is 27.8. The first-order valence-electron chi connectivity index (χ1n) is 9.13. The van der Waals surface area contributed by atoms with Crippen LogP contribution in [0.2, 0.25) is 0 Å². The SMILES string of the molecule is COc1cnc2ccc(=O)n(CCC34CCC(NC(=O)O)(CC3)CO4)c2c1. The highest BCUT2D eigenvalue weighted by Gasteiger charge is 2.50. The number of fused-ring (bicyclic) bond motifs is 4. The Labute approximate surface area is 156 Å². The van der Waals surface area contributed by atoms with E-state index in [1.54, 1.807) is 23.9 Å². The van der Waals surface area contributed by atoms with Crippen LogP contribution < -0.4 is 15.6 Å². The second-order valence-corrected chi connectivity index (χ2v) is 7.53. The van der Waals surface area contributed by atoms with Gasteiger partial charge in [0.25, 0.3) is 5.56 Å². The van der Waals surface area contributed by atoms with E-state index in [1.807, 2.05) is 6.07 Å². The Morgan fingerprint density at radius 3 is 2.78 bits per heavy atom. The number of amides is 1. The van der Waals surface area contributed by atoms with Gasteiger partial charge in [-0.1, -0.05) is 0 Å². The van der Waals surface area contributed by atoms with Crippen molar-refractivity contribution in [3.05, 3.63) is 34.7 Å². The molecule has 144 valence electrons. The average Bonchev–Trinajstić information content (AvgIpc) is 2.67. The quantitative estimate of drug-likeness (QED) is 0.832. The van der Waals surface area contributed by atoms with Gasteiger partial charge in [-0.15, -0.1) is 0 Å². The van der Waals surface area contributed by atoms with Crippen LogP contribution in [0.5, 0.6) is 5.75 Å². The van der Waals surface area contributed by atoms with E-state index in [2.05, 4.69) is 10.3 Å². The molecule has 0 unspecified atom stereocenters. The lowest BCUT2D eigenvalue weighted by Crippen LogP contribution is -2.62. The fourth-order valence-corrected chi connectivity index (χ4v) is 4.28. The predicted molar refractivity (Wildman–Crippen MR) is 98.2 cm³/mol. The molecule has 1 saturated carbocycles. The Kier molecular flexibility index (Phi) is 4.30. The summed E-state index contributed by atoms with van der Waals surface area (Å²) in [6.07, 6.45) is 4.43. The summed E-state index contributed by atoms with van der Waals surface area (Å²) in [6.45, 7) is 0.906. The number of aromatic nitrogens is 2. The molecule has 3 fully saturated rings. The maximum atomic E-state index is 12.5. The molecule has 4 heterocycles. The van der Waals surface area contributed by atoms with Crippen LogP contribution >= 0.6 is 0 Å². The summed E-state index contributed by atoms with van der Waals surface area (Å²) >= 11 is 0. The molecule has 27 heavy (non-hydrogen) atoms. The fourth-order valence-electron chi connectivity index (χ4n) is 4.28. The van der Waals surface area contributed by atoms with Crippen LogP contribution in [0.25, 0.3) is 11.0 Å². The first-order chi connectivity index (χ1) is 12.9. The van der Waals surface area contributed by atoms with Crippen molar-refractivity contribution in [2.45, 2.75) is 49.8 Å². The molecule has 3 aliphatic rings. The predicted octanol–water partition coefficient (Wildman–Crippen LogP) is 2.14. The van der Waals surface area contributed by atoms with Crippen molar-refractivity contribution in [3.8, 4) is 5.75 Å². The summed E-state index contributed by atoms with van der Waals surface area (Å²) in [5.74, 6) is 0.608. The highest BCUT2D eigenvalue weighted by atomic mass is 16.5. The molecule has 2 aliphatic heterocycles. The number of pyridine rings is 2. The van der Waals surface area contributed by atoms with Crippen LogP contribution in [0.4, 0.5) is 4.79 Å². The number of aryl methyl sites for hydroxylation is 1. The van der Waals surface area contributed by atoms with Crippen molar-refractivity contribution < 1.29 is 19.4 Å². The van der Waals surface area contributed by atoms with Gasteiger partial charge in [-0.3, -0.25) is 9.78 Å². The van der Waals surface area contributed by atoms with Crippen LogP contribution in [0.1, 0.15) is 32.1 Å². The van der Waals surface area contributed by atoms with Crippen molar-refractivity contribution in [3.63, 3.8) is 0 Å². The molecule has 1 aliphatic carbocycles. The minimum atomic E-state index is -1.00. The first-order valence-corrected chi connectivity index (χ1v) is 9.13. The van der Waals surface area contributed by atoms with E-state index >= 15 is 0 Å². The number of carbonyl (C=O) groups is 1. The van der Waals surface area contributed by atoms with Crippen molar-refractivity contribution in [1.82, 2.24) is 14.9 Å². The Bertz CT molecular complexity index is 914. The van der Waals surface area contributed by atoms with Crippen LogP contribution in [0.3, 0.4) is 0 Å². The molecule has 2 saturated heterocycles. The molecule has 1 amide bonds. The zero-order valence-electron chi connectivity index (χ0n) is 15.2. The topological polar surface area (TPSA) is 103 Å². The lowest BCUT2D eigenvalue weighted by molar-refractivity contribution is -0.164. The van der Waals surface area contributed by atoms with Gasteiger partial charge in [-0.2, -0.15) is 0 Å². The Morgan fingerprint density at radius 1 is 1.37 bits per heavy atom. The molecule has 0 aromatic carbocycles. The van der Waals surface area contributed by atoms with E-state index < -0.39 is 11.6 Å². The summed E-state index contributed by atoms with van der Waals surface area (Å²) in [6, 6.07) is 5.07. The molecule has 2 bridgehead atoms. The molecular formula is C19H23N3O5. The number of hydrogen-bond donors (Lipinski definition) is 2. The van der Waals surface area contributed by atoms with Gasteiger partial charge in [0.2, 0.25) is 0 Å². The van der Waals surface area contributed by atoms with Gasteiger partial charge in [-0.25, -0.2) is 4.79 Å². The van der Waals surface area contributed by atoms with Gasteiger partial charge < -0.3 is 24.5 Å². The van der Waals surface area contributed by atoms with Gasteiger partial charge in [-0.05, 0) is 38.2 Å². The maximum Gasteiger partial charge on any atom is 0.405 e. The summed E-state index contributed by atoms with van der Waals surface area (Å²) < 4.78 is 13.1. The fraction of sp³-hybridized carbons (Fsp3) is 0.526. The largest absolute Gasteiger partial charge is 0.495 e. The minimum absolute atomic E-state index is 0.0811. The van der Waals surface area contributed by atoms with E-state index in [0.717, 1.165) is 36.7 Å². The average molecular weight is 373 g/mol. The van der Waals surface area contributed by atoms with E-state index in [-0.39, 0.29) is 11.2 Å². The summed E-state index contributed by atoms with van der Waals surface area (Å²) in [5, 5.41) is 11.7. The highest BCUT2D eigenvalue weighted by molar-refractivity contribution is 5.75. The zero-order valence-corrected chi connectivity index (χ0v) is 15.2. The van der Waals surface area contributed by atoms with Crippen molar-refractivity contribution in [2.75, 3.05) is 13.7 Å². The monoisotopic (exact) mass is 373 g/mol. The van der Waals surface area contributed by atoms with E-state index in [1.165, 1.54) is 6.07 Å². The van der Waals surface area contributed by atoms with E-state index in [0.29, 0.717) is 25.3 Å². The first kappa shape index (κ1) is 17.8. The standard InChI is InChI=1S/C19H23N3O5/c1-26-13-10-15-14(20-11-13)2-3-16(23)22(15)9-8-19-6-4-18(5-7-19,12-27-19)21-17(24)25/h2-3,10-11,21H,4-9,12H2,1H3,(H,24,25). The molecule has 0 radical (unpaired) electrons. The Hall–Kier alpha value is -2.61. The third kappa shape index (κ3) is 3.25. The van der Waals surface area contributed by atoms with Gasteiger partial charge in [0.15, 0.2) is 0 Å². The summed E-state index contributed by atoms with van der Waals surface area (Å²) in [5.41, 5.74) is 0.650. The lowest BCUT2D eigenvalue weighted by Gasteiger charge is -2.53. The molecule has 2 aromatic heterocycles. The van der Waals surface area contributed by atoms with Crippen molar-refractivity contribution in [2.24, 2.45) is 0 Å². The van der Waals surface area contributed by atoms with Gasteiger partial charge in [0.05, 0.1) is 42.1 Å². The second-order valence-electron chi connectivity index (χ2n) is 7.53. The number of nitrogens with one attached hydrogen (secondary N) is 1. The molecule has 5 rings (SSSR count). The van der Waals surface area contributed by atoms with Crippen LogP contribution in [-0.4, -0.2) is 45.6 Å². The van der Waals surface area contributed by atoms with Crippen LogP contribution in [0, 0.1) is 0 Å². The maximum absolute atomic E-state index is 12.5. The second kappa shape index (κ2) is 6.53. The third-order valence-corrected chi connectivity index (χ3v) is 5.98. The molecule has 8 nitrogen and oxygen atoms in total. The molecule has 8 heteroatoms. The lowest BCUT2D eigenvalue weighted by atomic mass is 9.70. The molecule has 0 spiro atoms. The normalized spacial score (nSPS) is 26.9. The number of methoxy groups -OCH3 is 1. The number of nitrogens with zero attached hydrogens (tertiary/aromatic N) is 2. The zero-order chi connectivity index (χ0) is 19.1. The number of hydrogen-bond acceptors (Lipinski definition) is 5. The number of rotatable bonds is 5. The van der Waals surface area contributed by atoms with E-state index in [4.69, 9.17) is 14.6 Å². The summed E-state index contributed by atoms with van der Waals surface area (Å²) in [7, 11) is 1.57. The highest BCUT2D eigenvalue weighted by Crippen LogP contribution is 2.45. The van der Waals surface area contributed by atoms with Gasteiger partial charge in [0, 0.05) is 18.7 Å². The van der Waals surface area contributed by atoms with Crippen LogP contribution in [-0.2, 0) is 11.3 Å². The molecular weight excluding hydrogens is 350 g/mol. The van der Waals surface area contributed by atoms with Crippen molar-refractivity contribution in [1.29, 1.82) is 0 Å². The Balaban J connectivity index is 1.54. The van der Waals surface area contributed by atoms with Crippen LogP contribution in [0.15, 0.2) is 29.2 Å². The number of ether oxygens (including phenoxy) is 2. The van der Waals surface area contributed by atoms with Crippen molar-refractivity contribution >= 4 is 17.1 Å². The smallest absolute Gasteiger partial charge is 0.405 e. The van der Waals surface area contributed by atoms with Gasteiger partial charge >= 0.3 is 6.09 Å². The van der Waals surface area contributed by atoms with Gasteiger partial charge in [0.1, 0.15) is 5.75 Å². The van der Waals surface area contributed by atoms with E-state index in [9.17, 15) is 9.59 Å². The molecule has 0 atom stereocenters. The minimum Gasteiger partial charge on any atom is -0.495 e. The molecule has 2 aromatic rings.